The molecule has 8 heteroatoms. The summed E-state index contributed by atoms with van der Waals surface area (Å²) in [4.78, 5) is 25.5. The summed E-state index contributed by atoms with van der Waals surface area (Å²) in [5.74, 6) is -0.0259. The molecule has 3 amide bonds. The molecule has 0 radical (unpaired) electrons. The van der Waals surface area contributed by atoms with Crippen LogP contribution in [0, 0.1) is 13.8 Å². The van der Waals surface area contributed by atoms with Crippen LogP contribution in [0.25, 0.3) is 0 Å². The van der Waals surface area contributed by atoms with Crippen molar-refractivity contribution < 1.29 is 14.3 Å². The van der Waals surface area contributed by atoms with Gasteiger partial charge >= 0.3 is 6.03 Å². The maximum Gasteiger partial charge on any atom is 0.321 e. The topological polar surface area (TPSA) is 88.5 Å². The Morgan fingerprint density at radius 1 is 1.27 bits per heavy atom. The summed E-state index contributed by atoms with van der Waals surface area (Å²) in [6, 6.07) is -0.0770. The van der Waals surface area contributed by atoms with Crippen molar-refractivity contribution in [3.8, 4) is 0 Å². The number of anilines is 1. The van der Waals surface area contributed by atoms with E-state index in [0.29, 0.717) is 19.6 Å². The van der Waals surface area contributed by atoms with Crippen molar-refractivity contribution in [3.05, 3.63) is 11.4 Å². The molecule has 2 aliphatic rings. The number of urea groups is 1. The Morgan fingerprint density at radius 3 is 2.54 bits per heavy atom. The summed E-state index contributed by atoms with van der Waals surface area (Å²) in [6.07, 6.45) is 3.71. The zero-order valence-corrected chi connectivity index (χ0v) is 16.1. The van der Waals surface area contributed by atoms with E-state index < -0.39 is 0 Å². The Bertz CT molecular complexity index is 691. The van der Waals surface area contributed by atoms with E-state index >= 15 is 0 Å². The minimum Gasteiger partial charge on any atom is -0.370 e. The van der Waals surface area contributed by atoms with Crippen LogP contribution in [-0.2, 0) is 16.6 Å². The second-order valence-corrected chi connectivity index (χ2v) is 7.49. The van der Waals surface area contributed by atoms with Gasteiger partial charge in [0.2, 0.25) is 5.91 Å². The van der Waals surface area contributed by atoms with Crippen LogP contribution in [0.1, 0.15) is 44.0 Å². The van der Waals surface area contributed by atoms with Gasteiger partial charge in [-0.1, -0.05) is 0 Å². The summed E-state index contributed by atoms with van der Waals surface area (Å²) in [5, 5.41) is 10.2. The molecule has 0 aliphatic carbocycles. The van der Waals surface area contributed by atoms with E-state index in [9.17, 15) is 9.59 Å². The highest BCUT2D eigenvalue weighted by molar-refractivity contribution is 5.90. The predicted molar refractivity (Wildman–Crippen MR) is 98.0 cm³/mol. The van der Waals surface area contributed by atoms with Crippen molar-refractivity contribution in [3.63, 3.8) is 0 Å². The molecule has 0 saturated carbocycles. The molecule has 2 N–H and O–H groups in total. The fourth-order valence-electron chi connectivity index (χ4n) is 3.92. The molecule has 26 heavy (non-hydrogen) atoms. The smallest absolute Gasteiger partial charge is 0.321 e. The zero-order chi connectivity index (χ0) is 18.9. The number of nitrogens with zero attached hydrogens (tertiary/aromatic N) is 3. The van der Waals surface area contributed by atoms with Gasteiger partial charge in [-0.15, -0.1) is 0 Å². The lowest BCUT2D eigenvalue weighted by molar-refractivity contribution is -0.120. The van der Waals surface area contributed by atoms with Gasteiger partial charge in [0, 0.05) is 33.6 Å². The van der Waals surface area contributed by atoms with Crippen LogP contribution in [0.4, 0.5) is 10.5 Å². The number of likely N-dealkylation sites (tertiary alicyclic amines) is 1. The van der Waals surface area contributed by atoms with Gasteiger partial charge in [0.15, 0.2) is 0 Å². The maximum atomic E-state index is 12.6. The van der Waals surface area contributed by atoms with E-state index in [4.69, 9.17) is 4.74 Å². The first kappa shape index (κ1) is 18.7. The molecule has 144 valence electrons. The highest BCUT2D eigenvalue weighted by atomic mass is 16.5. The molecule has 0 aromatic carbocycles. The molecule has 2 aliphatic heterocycles. The second-order valence-electron chi connectivity index (χ2n) is 7.49. The second kappa shape index (κ2) is 7.26. The Kier molecular flexibility index (Phi) is 5.22. The monoisotopic (exact) mass is 363 g/mol. The van der Waals surface area contributed by atoms with Crippen molar-refractivity contribution >= 4 is 17.6 Å². The summed E-state index contributed by atoms with van der Waals surface area (Å²) in [6.45, 7) is 7.29. The van der Waals surface area contributed by atoms with Gasteiger partial charge in [-0.25, -0.2) is 4.79 Å². The van der Waals surface area contributed by atoms with Gasteiger partial charge in [0.1, 0.15) is 0 Å². The van der Waals surface area contributed by atoms with E-state index in [1.807, 2.05) is 25.8 Å². The molecular formula is C18H29N5O3. The number of carbonyl (C=O) groups is 2. The zero-order valence-electron chi connectivity index (χ0n) is 16.1. The first-order valence-corrected chi connectivity index (χ1v) is 9.28. The third kappa shape index (κ3) is 3.85. The number of hydrogen-bond acceptors (Lipinski definition) is 4. The van der Waals surface area contributed by atoms with Crippen molar-refractivity contribution in [1.82, 2.24) is 20.0 Å². The summed E-state index contributed by atoms with van der Waals surface area (Å²) in [7, 11) is 1.87. The Labute approximate surface area is 154 Å². The lowest BCUT2D eigenvalue weighted by atomic mass is 9.88. The van der Waals surface area contributed by atoms with Crippen LogP contribution >= 0.6 is 0 Å². The van der Waals surface area contributed by atoms with Crippen molar-refractivity contribution in [2.75, 3.05) is 25.0 Å². The number of hydrogen-bond donors (Lipinski definition) is 2. The molecule has 0 bridgehead atoms. The van der Waals surface area contributed by atoms with Crippen LogP contribution in [-0.4, -0.2) is 58.0 Å². The summed E-state index contributed by atoms with van der Waals surface area (Å²) in [5.41, 5.74) is 2.43. The highest BCUT2D eigenvalue weighted by Crippen LogP contribution is 2.38. The SMILES string of the molecule is CC(=O)NC[C@H]1CCC2(CCN(C(=O)Nc3c(C)nn(C)c3C)CC2)O1. The number of amides is 3. The van der Waals surface area contributed by atoms with Crippen LogP contribution in [0.2, 0.25) is 0 Å². The molecule has 2 saturated heterocycles. The van der Waals surface area contributed by atoms with E-state index in [-0.39, 0.29) is 23.6 Å². The quantitative estimate of drug-likeness (QED) is 0.856. The number of aryl methyl sites for hydroxylation is 2. The van der Waals surface area contributed by atoms with E-state index in [2.05, 4.69) is 15.7 Å². The molecule has 8 nitrogen and oxygen atoms in total. The number of piperidine rings is 1. The van der Waals surface area contributed by atoms with Gasteiger partial charge in [-0.05, 0) is 39.5 Å². The van der Waals surface area contributed by atoms with E-state index in [1.165, 1.54) is 6.92 Å². The minimum absolute atomic E-state index is 0.0259. The molecular weight excluding hydrogens is 334 g/mol. The van der Waals surface area contributed by atoms with E-state index in [1.54, 1.807) is 4.68 Å². The lowest BCUT2D eigenvalue weighted by Gasteiger charge is -2.39. The van der Waals surface area contributed by atoms with Gasteiger partial charge in [0.05, 0.1) is 28.8 Å². The van der Waals surface area contributed by atoms with Crippen molar-refractivity contribution in [2.45, 2.75) is 58.2 Å². The molecule has 3 heterocycles. The molecule has 1 aromatic rings. The van der Waals surface area contributed by atoms with Gasteiger partial charge in [-0.2, -0.15) is 5.10 Å². The summed E-state index contributed by atoms with van der Waals surface area (Å²) >= 11 is 0. The largest absolute Gasteiger partial charge is 0.370 e. The molecule has 3 rings (SSSR count). The average Bonchev–Trinajstić information content (AvgIpc) is 3.10. The lowest BCUT2D eigenvalue weighted by Crippen LogP contribution is -2.48. The molecule has 2 fully saturated rings. The van der Waals surface area contributed by atoms with Gasteiger partial charge in [-0.3, -0.25) is 9.48 Å². The van der Waals surface area contributed by atoms with Crippen molar-refractivity contribution in [2.24, 2.45) is 7.05 Å². The molecule has 1 spiro atoms. The number of rotatable bonds is 3. The number of carbonyl (C=O) groups excluding carboxylic acids is 2. The third-order valence-electron chi connectivity index (χ3n) is 5.62. The number of aromatic nitrogens is 2. The van der Waals surface area contributed by atoms with Gasteiger partial charge < -0.3 is 20.3 Å². The Hall–Kier alpha value is -2.09. The first-order valence-electron chi connectivity index (χ1n) is 9.28. The highest BCUT2D eigenvalue weighted by Gasteiger charge is 2.43. The van der Waals surface area contributed by atoms with Crippen LogP contribution in [0.3, 0.4) is 0 Å². The number of ether oxygens (including phenoxy) is 1. The minimum atomic E-state index is -0.139. The van der Waals surface area contributed by atoms with Crippen LogP contribution < -0.4 is 10.6 Å². The third-order valence-corrected chi connectivity index (χ3v) is 5.62. The maximum absolute atomic E-state index is 12.6. The standard InChI is InChI=1S/C18H29N5O3/c1-12-16(13(2)22(4)21-12)20-17(25)23-9-7-18(8-10-23)6-5-15(26-18)11-19-14(3)24/h15H,5-11H2,1-4H3,(H,19,24)(H,20,25)/t15-/m1/s1. The fourth-order valence-corrected chi connectivity index (χ4v) is 3.92. The van der Waals surface area contributed by atoms with Crippen LogP contribution in [0.5, 0.6) is 0 Å². The predicted octanol–water partition coefficient (Wildman–Crippen LogP) is 1.72. The van der Waals surface area contributed by atoms with Crippen molar-refractivity contribution in [1.29, 1.82) is 0 Å². The van der Waals surface area contributed by atoms with E-state index in [0.717, 1.165) is 42.8 Å². The summed E-state index contributed by atoms with van der Waals surface area (Å²) < 4.78 is 8.02. The number of nitrogens with one attached hydrogen (secondary N) is 2. The first-order chi connectivity index (χ1) is 12.3. The fraction of sp³-hybridized carbons (Fsp3) is 0.722. The molecule has 1 atom stereocenters. The average molecular weight is 363 g/mol. The normalized spacial score (nSPS) is 21.8. The Morgan fingerprint density at radius 2 is 1.96 bits per heavy atom. The Balaban J connectivity index is 1.52. The van der Waals surface area contributed by atoms with Crippen LogP contribution in [0.15, 0.2) is 0 Å². The van der Waals surface area contributed by atoms with Gasteiger partial charge in [0.25, 0.3) is 0 Å². The molecule has 0 unspecified atom stereocenters. The molecule has 1 aromatic heterocycles.